The summed E-state index contributed by atoms with van der Waals surface area (Å²) in [6, 6.07) is 10.5. The van der Waals surface area contributed by atoms with Gasteiger partial charge >= 0.3 is 0 Å². The van der Waals surface area contributed by atoms with Crippen LogP contribution in [0.4, 0.5) is 0 Å². The molecule has 0 atom stereocenters. The normalized spacial score (nSPS) is 10.2. The lowest BCUT2D eigenvalue weighted by molar-refractivity contribution is 0.0945. The summed E-state index contributed by atoms with van der Waals surface area (Å²) in [5.41, 5.74) is 1.07. The van der Waals surface area contributed by atoms with Gasteiger partial charge in [0.15, 0.2) is 0 Å². The van der Waals surface area contributed by atoms with Crippen LogP contribution in [0.3, 0.4) is 0 Å². The fourth-order valence-electron chi connectivity index (χ4n) is 1.70. The molecule has 0 fully saturated rings. The van der Waals surface area contributed by atoms with E-state index in [4.69, 9.17) is 16.3 Å². The van der Waals surface area contributed by atoms with Crippen molar-refractivity contribution in [3.05, 3.63) is 57.3 Å². The Morgan fingerprint density at radius 1 is 1.35 bits per heavy atom. The fourth-order valence-corrected chi connectivity index (χ4v) is 2.27. The molecule has 0 unspecified atom stereocenters. The molecule has 0 radical (unpaired) electrons. The molecule has 1 N–H and O–H groups in total. The molecule has 0 aliphatic carbocycles. The van der Waals surface area contributed by atoms with Gasteiger partial charge in [0.05, 0.1) is 7.11 Å². The maximum absolute atomic E-state index is 12.0. The second-order valence-electron chi connectivity index (χ2n) is 3.95. The summed E-state index contributed by atoms with van der Waals surface area (Å²) in [5, 5.41) is 3.32. The van der Waals surface area contributed by atoms with E-state index >= 15 is 0 Å². The van der Waals surface area contributed by atoms with Crippen molar-refractivity contribution < 1.29 is 9.53 Å². The summed E-state index contributed by atoms with van der Waals surface area (Å²) in [5.74, 6) is 0.369. The Morgan fingerprint density at radius 3 is 2.80 bits per heavy atom. The highest BCUT2D eigenvalue weighted by Gasteiger charge is 2.11. The number of pyridine rings is 1. The molecular formula is C14H12BrClN2O2. The van der Waals surface area contributed by atoms with Gasteiger partial charge in [0.2, 0.25) is 0 Å². The number of methoxy groups -OCH3 is 1. The number of aromatic nitrogens is 1. The molecule has 1 aromatic carbocycles. The lowest BCUT2D eigenvalue weighted by Gasteiger charge is -2.11. The molecule has 2 rings (SSSR count). The predicted octanol–water partition coefficient (Wildman–Crippen LogP) is 3.44. The fraction of sp³-hybridized carbons (Fsp3) is 0.143. The number of hydrogen-bond donors (Lipinski definition) is 1. The van der Waals surface area contributed by atoms with Crippen LogP contribution in [-0.4, -0.2) is 18.0 Å². The third kappa shape index (κ3) is 3.49. The van der Waals surface area contributed by atoms with Crippen LogP contribution in [0.1, 0.15) is 16.1 Å². The molecular weight excluding hydrogens is 344 g/mol. The highest BCUT2D eigenvalue weighted by molar-refractivity contribution is 9.10. The van der Waals surface area contributed by atoms with Gasteiger partial charge in [0, 0.05) is 17.1 Å². The van der Waals surface area contributed by atoms with Crippen LogP contribution < -0.4 is 10.1 Å². The molecule has 2 aromatic rings. The minimum atomic E-state index is -0.270. The van der Waals surface area contributed by atoms with Crippen LogP contribution in [-0.2, 0) is 6.54 Å². The zero-order valence-corrected chi connectivity index (χ0v) is 13.0. The minimum absolute atomic E-state index is 0.270. The molecule has 20 heavy (non-hydrogen) atoms. The monoisotopic (exact) mass is 354 g/mol. The Kier molecular flexibility index (Phi) is 4.98. The van der Waals surface area contributed by atoms with Crippen molar-refractivity contribution in [1.29, 1.82) is 0 Å². The maximum atomic E-state index is 12.0. The van der Waals surface area contributed by atoms with E-state index in [-0.39, 0.29) is 12.5 Å². The van der Waals surface area contributed by atoms with Gasteiger partial charge in [-0.05, 0) is 40.2 Å². The molecule has 1 heterocycles. The van der Waals surface area contributed by atoms with Crippen molar-refractivity contribution in [2.24, 2.45) is 0 Å². The lowest BCUT2D eigenvalue weighted by Crippen LogP contribution is -2.24. The van der Waals surface area contributed by atoms with Crippen molar-refractivity contribution in [2.45, 2.75) is 6.54 Å². The molecule has 4 nitrogen and oxygen atoms in total. The number of amides is 1. The van der Waals surface area contributed by atoms with Crippen LogP contribution >= 0.6 is 27.5 Å². The number of ether oxygens (including phenoxy) is 1. The first-order valence-corrected chi connectivity index (χ1v) is 7.01. The maximum Gasteiger partial charge on any atom is 0.270 e. The van der Waals surface area contributed by atoms with E-state index in [1.165, 1.54) is 0 Å². The highest BCUT2D eigenvalue weighted by atomic mass is 79.9. The van der Waals surface area contributed by atoms with E-state index in [0.717, 1.165) is 5.56 Å². The van der Waals surface area contributed by atoms with Crippen molar-refractivity contribution in [2.75, 3.05) is 7.11 Å². The summed E-state index contributed by atoms with van der Waals surface area (Å²) < 4.78 is 5.84. The second-order valence-corrected chi connectivity index (χ2v) is 5.17. The van der Waals surface area contributed by atoms with Crippen LogP contribution in [0.5, 0.6) is 5.75 Å². The zero-order chi connectivity index (χ0) is 14.5. The van der Waals surface area contributed by atoms with Crippen molar-refractivity contribution in [3.8, 4) is 5.75 Å². The molecule has 0 aliphatic heterocycles. The van der Waals surface area contributed by atoms with Gasteiger partial charge in [-0.15, -0.1) is 0 Å². The van der Waals surface area contributed by atoms with Crippen LogP contribution in [0, 0.1) is 0 Å². The number of carbonyl (C=O) groups excluding carboxylic acids is 1. The SMILES string of the molecule is COc1cccc(Cl)c1CNC(=O)c1cccc(Br)n1. The minimum Gasteiger partial charge on any atom is -0.496 e. The summed E-state index contributed by atoms with van der Waals surface area (Å²) in [6.45, 7) is 0.274. The van der Waals surface area contributed by atoms with Gasteiger partial charge in [-0.1, -0.05) is 23.7 Å². The average Bonchev–Trinajstić information content (AvgIpc) is 2.45. The Hall–Kier alpha value is -1.59. The van der Waals surface area contributed by atoms with Crippen LogP contribution in [0.2, 0.25) is 5.02 Å². The van der Waals surface area contributed by atoms with Gasteiger partial charge < -0.3 is 10.1 Å². The molecule has 0 saturated carbocycles. The van der Waals surface area contributed by atoms with Gasteiger partial charge in [-0.3, -0.25) is 4.79 Å². The number of carbonyl (C=O) groups is 1. The first-order valence-electron chi connectivity index (χ1n) is 5.84. The smallest absolute Gasteiger partial charge is 0.270 e. The van der Waals surface area contributed by atoms with E-state index in [1.54, 1.807) is 43.5 Å². The van der Waals surface area contributed by atoms with Gasteiger partial charge in [-0.2, -0.15) is 0 Å². The molecule has 104 valence electrons. The number of hydrogen-bond acceptors (Lipinski definition) is 3. The quantitative estimate of drug-likeness (QED) is 0.855. The largest absolute Gasteiger partial charge is 0.496 e. The molecule has 1 aromatic heterocycles. The number of halogens is 2. The van der Waals surface area contributed by atoms with E-state index in [0.29, 0.717) is 21.1 Å². The first kappa shape index (κ1) is 14.8. The predicted molar refractivity (Wildman–Crippen MR) is 81.1 cm³/mol. The van der Waals surface area contributed by atoms with Gasteiger partial charge in [0.25, 0.3) is 5.91 Å². The average molecular weight is 356 g/mol. The van der Waals surface area contributed by atoms with Crippen molar-refractivity contribution in [3.63, 3.8) is 0 Å². The number of nitrogens with zero attached hydrogens (tertiary/aromatic N) is 1. The van der Waals surface area contributed by atoms with E-state index in [2.05, 4.69) is 26.2 Å². The number of benzene rings is 1. The third-order valence-corrected chi connectivity index (χ3v) is 3.47. The summed E-state index contributed by atoms with van der Waals surface area (Å²) in [6.07, 6.45) is 0. The van der Waals surface area contributed by atoms with Crippen LogP contribution in [0.25, 0.3) is 0 Å². The molecule has 0 saturated heterocycles. The summed E-state index contributed by atoms with van der Waals surface area (Å²) in [7, 11) is 1.56. The summed E-state index contributed by atoms with van der Waals surface area (Å²) in [4.78, 5) is 16.1. The standard InChI is InChI=1S/C14H12BrClN2O2/c1-20-12-6-2-4-10(16)9(12)8-17-14(19)11-5-3-7-13(15)18-11/h2-7H,8H2,1H3,(H,17,19). The van der Waals surface area contributed by atoms with Crippen LogP contribution in [0.15, 0.2) is 41.0 Å². The molecule has 6 heteroatoms. The van der Waals surface area contributed by atoms with Gasteiger partial charge in [-0.25, -0.2) is 4.98 Å². The van der Waals surface area contributed by atoms with Crippen molar-refractivity contribution in [1.82, 2.24) is 10.3 Å². The van der Waals surface area contributed by atoms with Crippen molar-refractivity contribution >= 4 is 33.4 Å². The van der Waals surface area contributed by atoms with E-state index in [9.17, 15) is 4.79 Å². The molecule has 0 aliphatic rings. The zero-order valence-electron chi connectivity index (χ0n) is 10.7. The van der Waals surface area contributed by atoms with Gasteiger partial charge in [0.1, 0.15) is 16.0 Å². The second kappa shape index (κ2) is 6.72. The lowest BCUT2D eigenvalue weighted by atomic mass is 10.2. The van der Waals surface area contributed by atoms with E-state index in [1.807, 2.05) is 0 Å². The number of nitrogens with one attached hydrogen (secondary N) is 1. The number of rotatable bonds is 4. The Balaban J connectivity index is 2.11. The molecule has 0 spiro atoms. The first-order chi connectivity index (χ1) is 9.61. The Morgan fingerprint density at radius 2 is 2.10 bits per heavy atom. The third-order valence-electron chi connectivity index (χ3n) is 2.67. The Labute approximate surface area is 130 Å². The molecule has 1 amide bonds. The summed E-state index contributed by atoms with van der Waals surface area (Å²) >= 11 is 9.34. The molecule has 0 bridgehead atoms. The highest BCUT2D eigenvalue weighted by Crippen LogP contribution is 2.25. The van der Waals surface area contributed by atoms with E-state index < -0.39 is 0 Å². The Bertz CT molecular complexity index is 634. The topological polar surface area (TPSA) is 51.2 Å².